The topological polar surface area (TPSA) is 49.9 Å². The molecule has 0 radical (unpaired) electrons. The molecule has 0 aromatic heterocycles. The quantitative estimate of drug-likeness (QED) is 0.227. The van der Waals surface area contributed by atoms with Crippen LogP contribution in [0.3, 0.4) is 0 Å². The van der Waals surface area contributed by atoms with Gasteiger partial charge in [0.25, 0.3) is 11.8 Å². The number of para-hydroxylation sites is 1. The largest absolute Gasteiger partial charge is 0.482 e. The molecule has 0 saturated carbocycles. The van der Waals surface area contributed by atoms with Gasteiger partial charge < -0.3 is 14.5 Å². The minimum absolute atomic E-state index is 0.0530. The standard InChI is InChI=1S/C36H35BrN2O3/c1-3-38(4-2)34(40)26-12-10-25(11-13-26)32-24-36(42-33-9-6-5-8-31(32)33)18-7-20-39(21-19-36)35(41)29-15-14-28-23-30(37)17-16-27(28)22-29/h5-6,8-17,22-24H,3-4,7,18-21H2,1-2H3/t36-/m1/s1. The number of fused-ring (bicyclic) bond motifs is 2. The van der Waals surface area contributed by atoms with E-state index in [1.54, 1.807) is 0 Å². The highest BCUT2D eigenvalue weighted by molar-refractivity contribution is 9.10. The Labute approximate surface area is 255 Å². The number of hydrogen-bond acceptors (Lipinski definition) is 3. The van der Waals surface area contributed by atoms with Crippen LogP contribution in [0, 0.1) is 0 Å². The molecule has 0 aliphatic carbocycles. The summed E-state index contributed by atoms with van der Waals surface area (Å²) in [5.41, 5.74) is 4.12. The summed E-state index contributed by atoms with van der Waals surface area (Å²) in [6, 6.07) is 28.2. The van der Waals surface area contributed by atoms with Gasteiger partial charge in [-0.25, -0.2) is 0 Å². The Balaban J connectivity index is 1.27. The van der Waals surface area contributed by atoms with Crippen LogP contribution in [0.4, 0.5) is 0 Å². The van der Waals surface area contributed by atoms with Crippen LogP contribution in [0.5, 0.6) is 5.75 Å². The third kappa shape index (κ3) is 5.48. The van der Waals surface area contributed by atoms with Gasteiger partial charge in [-0.3, -0.25) is 9.59 Å². The zero-order valence-corrected chi connectivity index (χ0v) is 25.7. The Morgan fingerprint density at radius 1 is 0.857 bits per heavy atom. The molecule has 0 unspecified atom stereocenters. The van der Waals surface area contributed by atoms with Gasteiger partial charge >= 0.3 is 0 Å². The van der Waals surface area contributed by atoms with E-state index in [0.29, 0.717) is 43.7 Å². The number of amides is 2. The van der Waals surface area contributed by atoms with Crippen LogP contribution >= 0.6 is 15.9 Å². The summed E-state index contributed by atoms with van der Waals surface area (Å²) in [6.07, 6.45) is 4.63. The predicted molar refractivity (Wildman–Crippen MR) is 172 cm³/mol. The summed E-state index contributed by atoms with van der Waals surface area (Å²) >= 11 is 3.53. The van der Waals surface area contributed by atoms with E-state index >= 15 is 0 Å². The molecular weight excluding hydrogens is 588 g/mol. The van der Waals surface area contributed by atoms with Gasteiger partial charge in [0.15, 0.2) is 0 Å². The van der Waals surface area contributed by atoms with Crippen molar-refractivity contribution in [2.45, 2.75) is 38.7 Å². The van der Waals surface area contributed by atoms with Crippen LogP contribution in [0.1, 0.15) is 65.0 Å². The molecule has 1 atom stereocenters. The fourth-order valence-electron chi connectivity index (χ4n) is 6.20. The molecule has 1 spiro atoms. The van der Waals surface area contributed by atoms with Gasteiger partial charge in [-0.1, -0.05) is 58.4 Å². The molecule has 0 bridgehead atoms. The van der Waals surface area contributed by atoms with E-state index in [-0.39, 0.29) is 11.8 Å². The number of carbonyl (C=O) groups excluding carboxylic acids is 2. The molecule has 4 aromatic rings. The van der Waals surface area contributed by atoms with E-state index < -0.39 is 5.60 Å². The zero-order valence-electron chi connectivity index (χ0n) is 24.1. The number of likely N-dealkylation sites (tertiary alicyclic amines) is 1. The summed E-state index contributed by atoms with van der Waals surface area (Å²) in [7, 11) is 0. The summed E-state index contributed by atoms with van der Waals surface area (Å²) < 4.78 is 7.76. The highest BCUT2D eigenvalue weighted by atomic mass is 79.9. The van der Waals surface area contributed by atoms with Crippen LogP contribution in [-0.2, 0) is 0 Å². The van der Waals surface area contributed by atoms with Gasteiger partial charge in [0.2, 0.25) is 0 Å². The molecule has 2 aliphatic rings. The Kier molecular flexibility index (Phi) is 7.91. The number of nitrogens with zero attached hydrogens (tertiary/aromatic N) is 2. The van der Waals surface area contributed by atoms with Gasteiger partial charge in [0.1, 0.15) is 11.4 Å². The van der Waals surface area contributed by atoms with E-state index in [2.05, 4.69) is 34.1 Å². The van der Waals surface area contributed by atoms with Crippen molar-refractivity contribution < 1.29 is 14.3 Å². The van der Waals surface area contributed by atoms with E-state index in [1.165, 1.54) is 0 Å². The molecule has 6 rings (SSSR count). The molecule has 1 saturated heterocycles. The Hall–Kier alpha value is -3.90. The van der Waals surface area contributed by atoms with Crippen molar-refractivity contribution >= 4 is 44.1 Å². The van der Waals surface area contributed by atoms with Gasteiger partial charge in [0, 0.05) is 53.8 Å². The van der Waals surface area contributed by atoms with Crippen molar-refractivity contribution in [1.29, 1.82) is 0 Å². The molecule has 5 nitrogen and oxygen atoms in total. The summed E-state index contributed by atoms with van der Waals surface area (Å²) in [6.45, 7) is 6.68. The first kappa shape index (κ1) is 28.2. The fourth-order valence-corrected chi connectivity index (χ4v) is 6.58. The monoisotopic (exact) mass is 622 g/mol. The maximum Gasteiger partial charge on any atom is 0.253 e. The number of ether oxygens (including phenoxy) is 1. The number of hydrogen-bond donors (Lipinski definition) is 0. The SMILES string of the molecule is CCN(CC)C(=O)c1ccc(C2=C[C@]3(CCCN(C(=O)c4ccc5cc(Br)ccc5c4)CC3)Oc3ccccc32)cc1. The fraction of sp³-hybridized carbons (Fsp3) is 0.278. The molecule has 4 aromatic carbocycles. The molecule has 214 valence electrons. The van der Waals surface area contributed by atoms with Crippen molar-refractivity contribution in [1.82, 2.24) is 9.80 Å². The predicted octanol–water partition coefficient (Wildman–Crippen LogP) is 7.97. The lowest BCUT2D eigenvalue weighted by Crippen LogP contribution is -2.39. The lowest BCUT2D eigenvalue weighted by molar-refractivity contribution is 0.0728. The number of benzene rings is 4. The van der Waals surface area contributed by atoms with Crippen molar-refractivity contribution in [3.8, 4) is 5.75 Å². The third-order valence-electron chi connectivity index (χ3n) is 8.56. The first-order chi connectivity index (χ1) is 20.4. The van der Waals surface area contributed by atoms with Crippen molar-refractivity contribution in [3.05, 3.63) is 118 Å². The van der Waals surface area contributed by atoms with Gasteiger partial charge in [-0.05, 0) is 97.1 Å². The molecule has 1 fully saturated rings. The second-order valence-electron chi connectivity index (χ2n) is 11.1. The Morgan fingerprint density at radius 2 is 1.57 bits per heavy atom. The lowest BCUT2D eigenvalue weighted by Gasteiger charge is -2.36. The van der Waals surface area contributed by atoms with Crippen molar-refractivity contribution in [2.75, 3.05) is 26.2 Å². The lowest BCUT2D eigenvalue weighted by atomic mass is 9.84. The van der Waals surface area contributed by atoms with Crippen LogP contribution in [0.15, 0.2) is 95.5 Å². The first-order valence-electron chi connectivity index (χ1n) is 14.8. The Morgan fingerprint density at radius 3 is 2.36 bits per heavy atom. The molecule has 6 heteroatoms. The zero-order chi connectivity index (χ0) is 29.3. The van der Waals surface area contributed by atoms with Gasteiger partial charge in [0.05, 0.1) is 0 Å². The van der Waals surface area contributed by atoms with Crippen molar-refractivity contribution in [2.24, 2.45) is 0 Å². The van der Waals surface area contributed by atoms with Crippen molar-refractivity contribution in [3.63, 3.8) is 0 Å². The number of rotatable bonds is 5. The molecule has 0 N–H and O–H groups in total. The summed E-state index contributed by atoms with van der Waals surface area (Å²) in [5.74, 6) is 0.974. The van der Waals surface area contributed by atoms with E-state index in [4.69, 9.17) is 4.74 Å². The normalized spacial score (nSPS) is 18.2. The van der Waals surface area contributed by atoms with E-state index in [9.17, 15) is 9.59 Å². The smallest absolute Gasteiger partial charge is 0.253 e. The van der Waals surface area contributed by atoms with Crippen LogP contribution in [0.25, 0.3) is 16.3 Å². The first-order valence-corrected chi connectivity index (χ1v) is 15.6. The average molecular weight is 624 g/mol. The molecule has 2 aliphatic heterocycles. The molecular formula is C36H35BrN2O3. The molecule has 2 heterocycles. The molecule has 2 amide bonds. The third-order valence-corrected chi connectivity index (χ3v) is 9.05. The van der Waals surface area contributed by atoms with Gasteiger partial charge in [-0.15, -0.1) is 0 Å². The maximum atomic E-state index is 13.6. The maximum absolute atomic E-state index is 13.6. The molecule has 42 heavy (non-hydrogen) atoms. The highest BCUT2D eigenvalue weighted by Gasteiger charge is 2.38. The number of halogens is 1. The second kappa shape index (κ2) is 11.8. The van der Waals surface area contributed by atoms with E-state index in [0.717, 1.165) is 50.5 Å². The average Bonchev–Trinajstić information content (AvgIpc) is 3.22. The minimum Gasteiger partial charge on any atom is -0.482 e. The van der Waals surface area contributed by atoms with Crippen LogP contribution in [0.2, 0.25) is 0 Å². The number of carbonyl (C=O) groups is 2. The summed E-state index contributed by atoms with van der Waals surface area (Å²) in [5, 5.41) is 2.16. The highest BCUT2D eigenvalue weighted by Crippen LogP contribution is 2.43. The Bertz CT molecular complexity index is 1680. The van der Waals surface area contributed by atoms with Crippen LogP contribution < -0.4 is 4.74 Å². The second-order valence-corrected chi connectivity index (χ2v) is 12.0. The minimum atomic E-state index is -0.510. The van der Waals surface area contributed by atoms with Gasteiger partial charge in [-0.2, -0.15) is 0 Å². The van der Waals surface area contributed by atoms with E-state index in [1.807, 2.05) is 96.4 Å². The van der Waals surface area contributed by atoms with Crippen LogP contribution in [-0.4, -0.2) is 53.4 Å². The summed E-state index contributed by atoms with van der Waals surface area (Å²) in [4.78, 5) is 30.3.